The van der Waals surface area contributed by atoms with E-state index < -0.39 is 0 Å². The maximum Gasteiger partial charge on any atom is 0.133 e. The van der Waals surface area contributed by atoms with Crippen LogP contribution < -0.4 is 0 Å². The van der Waals surface area contributed by atoms with Crippen molar-refractivity contribution in [3.8, 4) is 0 Å². The van der Waals surface area contributed by atoms with Crippen molar-refractivity contribution in [1.29, 1.82) is 0 Å². The van der Waals surface area contributed by atoms with Crippen LogP contribution in [-0.2, 0) is 4.79 Å². The first kappa shape index (κ1) is 15.6. The van der Waals surface area contributed by atoms with Crippen LogP contribution in [0.1, 0.15) is 58.8 Å². The predicted octanol–water partition coefficient (Wildman–Crippen LogP) is 4.87. The van der Waals surface area contributed by atoms with Crippen LogP contribution in [0.25, 0.3) is 5.70 Å². The van der Waals surface area contributed by atoms with Gasteiger partial charge >= 0.3 is 0 Å². The molecule has 132 valence electrons. The molecule has 0 saturated heterocycles. The summed E-state index contributed by atoms with van der Waals surface area (Å²) in [5, 5.41) is 0. The van der Waals surface area contributed by atoms with E-state index in [4.69, 9.17) is 0 Å². The Balaban J connectivity index is 1.47. The molecule has 1 heterocycles. The molecule has 1 aromatic heterocycles. The highest BCUT2D eigenvalue weighted by atomic mass is 16.1. The number of ketones is 1. The third kappa shape index (κ3) is 2.04. The SMILES string of the molecule is C[C@]12CC[C@H]3[C@@H](CC[C@H]4CC(=O)CC[C@@]43C)C1=CC=C2n1ccnc1. The van der Waals surface area contributed by atoms with Crippen molar-refractivity contribution in [3.05, 3.63) is 36.4 Å². The van der Waals surface area contributed by atoms with Gasteiger partial charge in [-0.3, -0.25) is 4.79 Å². The average Bonchev–Trinajstić information content (AvgIpc) is 3.22. The van der Waals surface area contributed by atoms with Crippen LogP contribution in [0.5, 0.6) is 0 Å². The van der Waals surface area contributed by atoms with Crippen molar-refractivity contribution in [3.63, 3.8) is 0 Å². The summed E-state index contributed by atoms with van der Waals surface area (Å²) in [7, 11) is 0. The van der Waals surface area contributed by atoms with Crippen LogP contribution in [0.2, 0.25) is 0 Å². The molecule has 3 fully saturated rings. The van der Waals surface area contributed by atoms with E-state index in [2.05, 4.69) is 41.7 Å². The molecule has 3 nitrogen and oxygen atoms in total. The molecular weight excluding hydrogens is 308 g/mol. The molecular formula is C22H28N2O. The number of carbonyl (C=O) groups is 1. The summed E-state index contributed by atoms with van der Waals surface area (Å²) in [5.41, 5.74) is 3.58. The molecule has 0 radical (unpaired) electrons. The van der Waals surface area contributed by atoms with E-state index >= 15 is 0 Å². The van der Waals surface area contributed by atoms with E-state index in [-0.39, 0.29) is 5.41 Å². The number of carbonyl (C=O) groups excluding carboxylic acids is 1. The Bertz CT molecular complexity index is 774. The summed E-state index contributed by atoms with van der Waals surface area (Å²) in [6, 6.07) is 0. The zero-order valence-electron chi connectivity index (χ0n) is 15.4. The van der Waals surface area contributed by atoms with Gasteiger partial charge in [-0.05, 0) is 61.3 Å². The zero-order chi connectivity index (χ0) is 17.2. The fourth-order valence-corrected chi connectivity index (χ4v) is 6.79. The maximum atomic E-state index is 12.0. The van der Waals surface area contributed by atoms with Gasteiger partial charge in [-0.2, -0.15) is 0 Å². The van der Waals surface area contributed by atoms with Crippen LogP contribution in [0, 0.1) is 28.6 Å². The Hall–Kier alpha value is -1.64. The summed E-state index contributed by atoms with van der Waals surface area (Å²) < 4.78 is 2.20. The van der Waals surface area contributed by atoms with Gasteiger partial charge in [0.15, 0.2) is 0 Å². The molecule has 5 rings (SSSR count). The van der Waals surface area contributed by atoms with E-state index in [1.807, 2.05) is 12.5 Å². The Morgan fingerprint density at radius 3 is 2.84 bits per heavy atom. The van der Waals surface area contributed by atoms with Gasteiger partial charge in [0.05, 0.1) is 6.33 Å². The minimum Gasteiger partial charge on any atom is -0.309 e. The highest BCUT2D eigenvalue weighted by Gasteiger charge is 2.56. The van der Waals surface area contributed by atoms with Crippen molar-refractivity contribution in [2.75, 3.05) is 0 Å². The highest BCUT2D eigenvalue weighted by molar-refractivity contribution is 5.79. The maximum absolute atomic E-state index is 12.0. The molecule has 3 heteroatoms. The average molecular weight is 336 g/mol. The molecule has 0 aromatic carbocycles. The van der Waals surface area contributed by atoms with Crippen LogP contribution in [-0.4, -0.2) is 15.3 Å². The van der Waals surface area contributed by atoms with Gasteiger partial charge in [0, 0.05) is 36.3 Å². The lowest BCUT2D eigenvalue weighted by Crippen LogP contribution is -2.51. The number of Topliss-reactive ketones (excluding diaryl/α,β-unsaturated/α-hetero) is 1. The van der Waals surface area contributed by atoms with Gasteiger partial charge in [0.25, 0.3) is 0 Å². The summed E-state index contributed by atoms with van der Waals surface area (Å²) in [6.07, 6.45) is 18.4. The van der Waals surface area contributed by atoms with Crippen LogP contribution in [0.3, 0.4) is 0 Å². The fraction of sp³-hybridized carbons (Fsp3) is 0.636. The molecule has 1 aromatic rings. The lowest BCUT2D eigenvalue weighted by atomic mass is 9.46. The van der Waals surface area contributed by atoms with Crippen molar-refractivity contribution >= 4 is 11.5 Å². The molecule has 25 heavy (non-hydrogen) atoms. The van der Waals surface area contributed by atoms with Gasteiger partial charge in [-0.25, -0.2) is 4.98 Å². The van der Waals surface area contributed by atoms with E-state index in [0.29, 0.717) is 23.0 Å². The number of fused-ring (bicyclic) bond motifs is 5. The Kier molecular flexibility index (Phi) is 3.24. The second kappa shape index (κ2) is 5.18. The molecule has 0 spiro atoms. The number of hydrogen-bond acceptors (Lipinski definition) is 2. The first-order chi connectivity index (χ1) is 12.0. The fourth-order valence-electron chi connectivity index (χ4n) is 6.79. The second-order valence-corrected chi connectivity index (χ2v) is 9.25. The lowest BCUT2D eigenvalue weighted by Gasteiger charge is -2.58. The van der Waals surface area contributed by atoms with Crippen molar-refractivity contribution in [2.45, 2.75) is 58.8 Å². The normalized spacial score (nSPS) is 43.0. The van der Waals surface area contributed by atoms with Crippen molar-refractivity contribution < 1.29 is 4.79 Å². The smallest absolute Gasteiger partial charge is 0.133 e. The lowest BCUT2D eigenvalue weighted by molar-refractivity contribution is -0.130. The topological polar surface area (TPSA) is 34.9 Å². The number of rotatable bonds is 1. The first-order valence-electron chi connectivity index (χ1n) is 9.95. The number of imidazole rings is 1. The van der Waals surface area contributed by atoms with E-state index in [1.54, 1.807) is 5.57 Å². The molecule has 0 amide bonds. The van der Waals surface area contributed by atoms with Gasteiger partial charge in [0.1, 0.15) is 5.78 Å². The summed E-state index contributed by atoms with van der Waals surface area (Å²) >= 11 is 0. The van der Waals surface area contributed by atoms with Crippen LogP contribution in [0.15, 0.2) is 36.4 Å². The number of hydrogen-bond donors (Lipinski definition) is 0. The molecule has 4 aliphatic rings. The summed E-state index contributed by atoms with van der Waals surface area (Å²) in [5.74, 6) is 2.59. The van der Waals surface area contributed by atoms with E-state index in [9.17, 15) is 4.79 Å². The third-order valence-electron chi connectivity index (χ3n) is 8.27. The van der Waals surface area contributed by atoms with Crippen LogP contribution >= 0.6 is 0 Å². The Morgan fingerprint density at radius 2 is 2.04 bits per heavy atom. The van der Waals surface area contributed by atoms with Crippen molar-refractivity contribution in [2.24, 2.45) is 28.6 Å². The van der Waals surface area contributed by atoms with Gasteiger partial charge in [-0.1, -0.05) is 25.5 Å². The molecule has 0 unspecified atom stereocenters. The molecule has 0 N–H and O–H groups in total. The van der Waals surface area contributed by atoms with Crippen LogP contribution in [0.4, 0.5) is 0 Å². The molecule has 3 saturated carbocycles. The largest absolute Gasteiger partial charge is 0.309 e. The van der Waals surface area contributed by atoms with Gasteiger partial charge < -0.3 is 4.57 Å². The minimum atomic E-state index is 0.162. The molecule has 0 aliphatic heterocycles. The first-order valence-corrected chi connectivity index (χ1v) is 9.95. The Morgan fingerprint density at radius 1 is 1.16 bits per heavy atom. The monoisotopic (exact) mass is 336 g/mol. The number of aromatic nitrogens is 2. The second-order valence-electron chi connectivity index (χ2n) is 9.25. The molecule has 4 aliphatic carbocycles. The van der Waals surface area contributed by atoms with E-state index in [1.165, 1.54) is 31.4 Å². The molecule has 0 bridgehead atoms. The Labute approximate surface area is 150 Å². The van der Waals surface area contributed by atoms with Gasteiger partial charge in [-0.15, -0.1) is 0 Å². The predicted molar refractivity (Wildman–Crippen MR) is 98.6 cm³/mol. The number of nitrogens with zero attached hydrogens (tertiary/aromatic N) is 2. The quantitative estimate of drug-likeness (QED) is 0.733. The van der Waals surface area contributed by atoms with Gasteiger partial charge in [0.2, 0.25) is 0 Å². The zero-order valence-corrected chi connectivity index (χ0v) is 15.4. The van der Waals surface area contributed by atoms with E-state index in [0.717, 1.165) is 25.2 Å². The number of allylic oxidation sites excluding steroid dienone is 4. The summed E-state index contributed by atoms with van der Waals surface area (Å²) in [4.78, 5) is 16.3. The highest BCUT2D eigenvalue weighted by Crippen LogP contribution is 2.65. The molecule has 5 atom stereocenters. The minimum absolute atomic E-state index is 0.162. The third-order valence-corrected chi connectivity index (χ3v) is 8.27. The van der Waals surface area contributed by atoms with Crippen molar-refractivity contribution in [1.82, 2.24) is 9.55 Å². The summed E-state index contributed by atoms with van der Waals surface area (Å²) in [6.45, 7) is 4.94. The standard InChI is InChI=1S/C22H28N2O/c1-21-9-7-16(25)13-15(21)3-4-17-18-5-6-20(24-12-11-23-14-24)22(18,2)10-8-19(17)21/h5-6,11-12,14-15,17,19H,3-4,7-10,13H2,1-2H3/t15-,17-,19-,21-,22-/m0/s1.